The SMILES string of the molecule is CN1CC[C@H](N)C1.Cl.Cl. The maximum absolute atomic E-state index is 5.58. The van der Waals surface area contributed by atoms with Crippen molar-refractivity contribution in [3.63, 3.8) is 0 Å². The monoisotopic (exact) mass is 172 g/mol. The van der Waals surface area contributed by atoms with Gasteiger partial charge in [-0.3, -0.25) is 0 Å². The fourth-order valence-corrected chi connectivity index (χ4v) is 0.969. The molecule has 0 spiro atoms. The number of hydrogen-bond donors (Lipinski definition) is 1. The Balaban J connectivity index is 0. The molecule has 1 atom stereocenters. The third-order valence-electron chi connectivity index (χ3n) is 1.43. The summed E-state index contributed by atoms with van der Waals surface area (Å²) in [6, 6.07) is 0.449. The van der Waals surface area contributed by atoms with Crippen LogP contribution < -0.4 is 5.73 Å². The molecule has 1 aliphatic heterocycles. The summed E-state index contributed by atoms with van der Waals surface area (Å²) in [5.41, 5.74) is 5.58. The van der Waals surface area contributed by atoms with E-state index in [-0.39, 0.29) is 24.8 Å². The zero-order chi connectivity index (χ0) is 5.28. The van der Waals surface area contributed by atoms with Gasteiger partial charge in [0.25, 0.3) is 0 Å². The van der Waals surface area contributed by atoms with Crippen LogP contribution in [0.4, 0.5) is 0 Å². The Morgan fingerprint density at radius 2 is 2.00 bits per heavy atom. The highest BCUT2D eigenvalue weighted by atomic mass is 35.5. The molecule has 2 nitrogen and oxygen atoms in total. The highest BCUT2D eigenvalue weighted by Gasteiger charge is 2.13. The van der Waals surface area contributed by atoms with Crippen molar-refractivity contribution < 1.29 is 0 Å². The molecule has 1 fully saturated rings. The highest BCUT2D eigenvalue weighted by Crippen LogP contribution is 2.01. The van der Waals surface area contributed by atoms with E-state index in [1.165, 1.54) is 13.0 Å². The van der Waals surface area contributed by atoms with Crippen LogP contribution in [0.3, 0.4) is 0 Å². The second-order valence-corrected chi connectivity index (χ2v) is 2.31. The first-order chi connectivity index (χ1) is 3.29. The normalized spacial score (nSPS) is 26.7. The molecular formula is C5H14Cl2N2. The number of halogens is 2. The predicted octanol–water partition coefficient (Wildman–Crippen LogP) is 0.493. The van der Waals surface area contributed by atoms with Gasteiger partial charge in [-0.1, -0.05) is 0 Å². The second kappa shape index (κ2) is 5.30. The standard InChI is InChI=1S/C5H12N2.2ClH/c1-7-3-2-5(6)4-7;;/h5H,2-4,6H2,1H3;2*1H/t5-;;/m0../s1. The van der Waals surface area contributed by atoms with Gasteiger partial charge in [-0.25, -0.2) is 0 Å². The van der Waals surface area contributed by atoms with Gasteiger partial charge in [0, 0.05) is 12.6 Å². The Kier molecular flexibility index (Phi) is 7.18. The van der Waals surface area contributed by atoms with Crippen LogP contribution in [-0.2, 0) is 0 Å². The van der Waals surface area contributed by atoms with Crippen LogP contribution >= 0.6 is 24.8 Å². The fourth-order valence-electron chi connectivity index (χ4n) is 0.969. The van der Waals surface area contributed by atoms with Crippen LogP contribution in [0.5, 0.6) is 0 Å². The lowest BCUT2D eigenvalue weighted by Gasteiger charge is -2.03. The quantitative estimate of drug-likeness (QED) is 0.577. The summed E-state index contributed by atoms with van der Waals surface area (Å²) in [5.74, 6) is 0. The van der Waals surface area contributed by atoms with Gasteiger partial charge in [0.05, 0.1) is 0 Å². The smallest absolute Gasteiger partial charge is 0.0179 e. The van der Waals surface area contributed by atoms with Crippen LogP contribution in [0, 0.1) is 0 Å². The van der Waals surface area contributed by atoms with Crippen LogP contribution in [-0.4, -0.2) is 31.1 Å². The van der Waals surface area contributed by atoms with E-state index in [9.17, 15) is 0 Å². The molecule has 0 aromatic rings. The summed E-state index contributed by atoms with van der Waals surface area (Å²) in [5, 5.41) is 0. The summed E-state index contributed by atoms with van der Waals surface area (Å²) >= 11 is 0. The molecule has 1 aliphatic rings. The molecular weight excluding hydrogens is 159 g/mol. The summed E-state index contributed by atoms with van der Waals surface area (Å²) in [6.07, 6.45) is 1.18. The van der Waals surface area contributed by atoms with Crippen LogP contribution in [0.1, 0.15) is 6.42 Å². The van der Waals surface area contributed by atoms with Crippen molar-refractivity contribution in [1.29, 1.82) is 0 Å². The van der Waals surface area contributed by atoms with E-state index in [1.807, 2.05) is 0 Å². The molecule has 4 heteroatoms. The number of rotatable bonds is 0. The van der Waals surface area contributed by atoms with Crippen molar-refractivity contribution >= 4 is 24.8 Å². The first-order valence-corrected chi connectivity index (χ1v) is 2.73. The Bertz CT molecular complexity index is 62.0. The summed E-state index contributed by atoms with van der Waals surface area (Å²) in [4.78, 5) is 2.25. The molecule has 0 aromatic heterocycles. The number of nitrogens with zero attached hydrogens (tertiary/aromatic N) is 1. The summed E-state index contributed by atoms with van der Waals surface area (Å²) < 4.78 is 0. The van der Waals surface area contributed by atoms with Crippen LogP contribution in [0.2, 0.25) is 0 Å². The zero-order valence-corrected chi connectivity index (χ0v) is 7.17. The topological polar surface area (TPSA) is 29.3 Å². The third kappa shape index (κ3) is 3.98. The predicted molar refractivity (Wildman–Crippen MR) is 44.6 cm³/mol. The van der Waals surface area contributed by atoms with Gasteiger partial charge in [-0.2, -0.15) is 0 Å². The maximum atomic E-state index is 5.58. The Hall–Kier alpha value is 0.500. The number of hydrogen-bond acceptors (Lipinski definition) is 2. The van der Waals surface area contributed by atoms with Crippen molar-refractivity contribution in [3.05, 3.63) is 0 Å². The van der Waals surface area contributed by atoms with Gasteiger partial charge in [0.15, 0.2) is 0 Å². The minimum absolute atomic E-state index is 0. The summed E-state index contributed by atoms with van der Waals surface area (Å²) in [7, 11) is 2.10. The molecule has 0 saturated carbocycles. The summed E-state index contributed by atoms with van der Waals surface area (Å²) in [6.45, 7) is 2.27. The first kappa shape index (κ1) is 12.2. The molecule has 1 saturated heterocycles. The van der Waals surface area contributed by atoms with Crippen molar-refractivity contribution in [2.24, 2.45) is 5.73 Å². The zero-order valence-electron chi connectivity index (χ0n) is 5.54. The van der Waals surface area contributed by atoms with E-state index < -0.39 is 0 Å². The van der Waals surface area contributed by atoms with Gasteiger partial charge in [0.1, 0.15) is 0 Å². The van der Waals surface area contributed by atoms with Crippen molar-refractivity contribution in [3.8, 4) is 0 Å². The first-order valence-electron chi connectivity index (χ1n) is 2.73. The molecule has 0 bridgehead atoms. The van der Waals surface area contributed by atoms with Crippen LogP contribution in [0.25, 0.3) is 0 Å². The van der Waals surface area contributed by atoms with E-state index in [2.05, 4.69) is 11.9 Å². The van der Waals surface area contributed by atoms with E-state index in [0.717, 1.165) is 6.54 Å². The third-order valence-corrected chi connectivity index (χ3v) is 1.43. The van der Waals surface area contributed by atoms with Crippen molar-refractivity contribution in [2.75, 3.05) is 20.1 Å². The lowest BCUT2D eigenvalue weighted by Crippen LogP contribution is -2.23. The van der Waals surface area contributed by atoms with Gasteiger partial charge in [0.2, 0.25) is 0 Å². The van der Waals surface area contributed by atoms with Gasteiger partial charge < -0.3 is 10.6 Å². The second-order valence-electron chi connectivity index (χ2n) is 2.31. The molecule has 9 heavy (non-hydrogen) atoms. The van der Waals surface area contributed by atoms with E-state index >= 15 is 0 Å². The number of likely N-dealkylation sites (N-methyl/N-ethyl adjacent to an activating group) is 1. The largest absolute Gasteiger partial charge is 0.326 e. The number of likely N-dealkylation sites (tertiary alicyclic amines) is 1. The lowest BCUT2D eigenvalue weighted by molar-refractivity contribution is 0.411. The lowest BCUT2D eigenvalue weighted by atomic mass is 10.3. The minimum Gasteiger partial charge on any atom is -0.326 e. The fraction of sp³-hybridized carbons (Fsp3) is 1.00. The molecule has 1 rings (SSSR count). The molecule has 1 heterocycles. The Morgan fingerprint density at radius 1 is 1.44 bits per heavy atom. The highest BCUT2D eigenvalue weighted by molar-refractivity contribution is 5.85. The molecule has 58 valence electrons. The van der Waals surface area contributed by atoms with Gasteiger partial charge >= 0.3 is 0 Å². The Labute approximate surface area is 68.6 Å². The molecule has 0 aromatic carbocycles. The van der Waals surface area contributed by atoms with E-state index in [4.69, 9.17) is 5.73 Å². The number of nitrogens with two attached hydrogens (primary N) is 1. The molecule has 2 N–H and O–H groups in total. The average molecular weight is 173 g/mol. The molecule has 0 unspecified atom stereocenters. The van der Waals surface area contributed by atoms with Crippen molar-refractivity contribution in [1.82, 2.24) is 4.90 Å². The van der Waals surface area contributed by atoms with Crippen LogP contribution in [0.15, 0.2) is 0 Å². The molecule has 0 radical (unpaired) electrons. The maximum Gasteiger partial charge on any atom is 0.0179 e. The van der Waals surface area contributed by atoms with Gasteiger partial charge in [-0.15, -0.1) is 24.8 Å². The Morgan fingerprint density at radius 3 is 2.11 bits per heavy atom. The molecule has 0 aliphatic carbocycles. The minimum atomic E-state index is 0. The average Bonchev–Trinajstić information content (AvgIpc) is 1.87. The van der Waals surface area contributed by atoms with E-state index in [0.29, 0.717) is 6.04 Å². The van der Waals surface area contributed by atoms with Gasteiger partial charge in [-0.05, 0) is 20.0 Å². The van der Waals surface area contributed by atoms with Crippen molar-refractivity contribution in [2.45, 2.75) is 12.5 Å². The van der Waals surface area contributed by atoms with E-state index in [1.54, 1.807) is 0 Å². The molecule has 0 amide bonds.